The van der Waals surface area contributed by atoms with Gasteiger partial charge in [-0.25, -0.2) is 4.79 Å². The van der Waals surface area contributed by atoms with Crippen LogP contribution in [0.15, 0.2) is 30.3 Å². The monoisotopic (exact) mass is 343 g/mol. The molecule has 7 nitrogen and oxygen atoms in total. The number of likely N-dealkylation sites (tertiary alicyclic amines) is 1. The molecular weight excluding hydrogens is 318 g/mol. The van der Waals surface area contributed by atoms with Gasteiger partial charge in [0, 0.05) is 25.8 Å². The molecule has 3 N–H and O–H groups in total. The summed E-state index contributed by atoms with van der Waals surface area (Å²) in [6.07, 6.45) is 2.16. The number of rotatable bonds is 2. The van der Waals surface area contributed by atoms with Gasteiger partial charge < -0.3 is 15.5 Å². The van der Waals surface area contributed by atoms with Gasteiger partial charge in [-0.2, -0.15) is 0 Å². The van der Waals surface area contributed by atoms with Crippen LogP contribution in [0.25, 0.3) is 0 Å². The predicted molar refractivity (Wildman–Crippen MR) is 96.4 cm³/mol. The Morgan fingerprint density at radius 1 is 1.36 bits per heavy atom. The lowest BCUT2D eigenvalue weighted by molar-refractivity contribution is -0.130. The third kappa shape index (κ3) is 3.60. The second-order valence-electron chi connectivity index (χ2n) is 7.10. The molecule has 1 aromatic rings. The first-order valence-corrected chi connectivity index (χ1v) is 8.63. The van der Waals surface area contributed by atoms with Crippen LogP contribution in [0.5, 0.6) is 0 Å². The van der Waals surface area contributed by atoms with Crippen molar-refractivity contribution < 1.29 is 9.59 Å². The van der Waals surface area contributed by atoms with Gasteiger partial charge in [0.05, 0.1) is 12.0 Å². The topological polar surface area (TPSA) is 88.5 Å². The number of para-hydroxylation sites is 1. The maximum Gasteiger partial charge on any atom is 0.321 e. The van der Waals surface area contributed by atoms with Crippen molar-refractivity contribution >= 4 is 23.6 Å². The Kier molecular flexibility index (Phi) is 4.65. The molecule has 1 unspecified atom stereocenters. The largest absolute Gasteiger partial charge is 0.350 e. The average molecular weight is 343 g/mol. The molecule has 0 radical (unpaired) electrons. The molecule has 25 heavy (non-hydrogen) atoms. The zero-order chi connectivity index (χ0) is 18.0. The van der Waals surface area contributed by atoms with Crippen molar-refractivity contribution in [1.29, 1.82) is 5.41 Å². The minimum Gasteiger partial charge on any atom is -0.350 e. The maximum atomic E-state index is 12.6. The van der Waals surface area contributed by atoms with E-state index in [1.807, 2.05) is 37.3 Å². The lowest BCUT2D eigenvalue weighted by Crippen LogP contribution is -2.65. The molecule has 2 fully saturated rings. The standard InChI is InChI=1S/C18H25N5O2/c1-18(11-15(24)22(2)16(19)21-18)13-7-6-10-23(12-13)17(25)20-14-8-4-3-5-9-14/h3-5,8-9,13H,6-7,10-12H2,1-2H3,(H2,19,21)(H,20,25)/t13?,18-/m0/s1. The highest BCUT2D eigenvalue weighted by atomic mass is 16.2. The molecule has 3 amide bonds. The van der Waals surface area contributed by atoms with E-state index in [-0.39, 0.29) is 23.8 Å². The summed E-state index contributed by atoms with van der Waals surface area (Å²) in [5, 5.41) is 14.1. The summed E-state index contributed by atoms with van der Waals surface area (Å²) in [5.41, 5.74) is 0.280. The minimum absolute atomic E-state index is 0.0582. The summed E-state index contributed by atoms with van der Waals surface area (Å²) < 4.78 is 0. The predicted octanol–water partition coefficient (Wildman–Crippen LogP) is 2.08. The van der Waals surface area contributed by atoms with E-state index >= 15 is 0 Å². The summed E-state index contributed by atoms with van der Waals surface area (Å²) in [6, 6.07) is 9.28. The molecule has 0 bridgehead atoms. The number of carbonyl (C=O) groups is 2. The summed E-state index contributed by atoms with van der Waals surface area (Å²) in [4.78, 5) is 27.9. The number of nitrogens with zero attached hydrogens (tertiary/aromatic N) is 2. The zero-order valence-electron chi connectivity index (χ0n) is 14.7. The van der Waals surface area contributed by atoms with Crippen molar-refractivity contribution in [2.45, 2.75) is 31.7 Å². The molecule has 0 aliphatic carbocycles. The lowest BCUT2D eigenvalue weighted by Gasteiger charge is -2.47. The quantitative estimate of drug-likeness (QED) is 0.768. The summed E-state index contributed by atoms with van der Waals surface area (Å²) in [6.45, 7) is 3.26. The molecule has 7 heteroatoms. The summed E-state index contributed by atoms with van der Waals surface area (Å²) in [5.74, 6) is 0.197. The van der Waals surface area contributed by atoms with E-state index in [1.54, 1.807) is 11.9 Å². The number of urea groups is 1. The van der Waals surface area contributed by atoms with Crippen LogP contribution in [-0.4, -0.2) is 53.4 Å². The molecule has 2 aliphatic rings. The van der Waals surface area contributed by atoms with Crippen LogP contribution in [0.2, 0.25) is 0 Å². The van der Waals surface area contributed by atoms with Gasteiger partial charge in [-0.15, -0.1) is 0 Å². The van der Waals surface area contributed by atoms with Crippen LogP contribution < -0.4 is 10.6 Å². The van der Waals surface area contributed by atoms with Crippen LogP contribution in [-0.2, 0) is 4.79 Å². The van der Waals surface area contributed by atoms with Crippen LogP contribution in [0.1, 0.15) is 26.2 Å². The molecule has 134 valence electrons. The van der Waals surface area contributed by atoms with Crippen molar-refractivity contribution in [2.75, 3.05) is 25.5 Å². The maximum absolute atomic E-state index is 12.6. The fourth-order valence-electron chi connectivity index (χ4n) is 3.61. The summed E-state index contributed by atoms with van der Waals surface area (Å²) >= 11 is 0. The van der Waals surface area contributed by atoms with E-state index < -0.39 is 5.54 Å². The smallest absolute Gasteiger partial charge is 0.321 e. The fourth-order valence-corrected chi connectivity index (χ4v) is 3.61. The first kappa shape index (κ1) is 17.3. The van der Waals surface area contributed by atoms with Gasteiger partial charge in [0.1, 0.15) is 0 Å². The number of nitrogens with one attached hydrogen (secondary N) is 3. The normalized spacial score (nSPS) is 27.0. The number of benzene rings is 1. The molecule has 3 rings (SSSR count). The lowest BCUT2D eigenvalue weighted by atomic mass is 9.76. The first-order valence-electron chi connectivity index (χ1n) is 8.63. The molecule has 0 aromatic heterocycles. The number of piperidine rings is 1. The first-order chi connectivity index (χ1) is 11.9. The van der Waals surface area contributed by atoms with Crippen molar-refractivity contribution in [3.8, 4) is 0 Å². The highest BCUT2D eigenvalue weighted by Gasteiger charge is 2.44. The molecule has 2 saturated heterocycles. The highest BCUT2D eigenvalue weighted by Crippen LogP contribution is 2.32. The van der Waals surface area contributed by atoms with E-state index in [4.69, 9.17) is 5.41 Å². The number of hydrogen-bond donors (Lipinski definition) is 3. The van der Waals surface area contributed by atoms with Gasteiger partial charge in [0.2, 0.25) is 5.91 Å². The van der Waals surface area contributed by atoms with Gasteiger partial charge in [0.25, 0.3) is 0 Å². The number of anilines is 1. The number of amides is 3. The Bertz CT molecular complexity index is 657. The number of guanidine groups is 1. The Balaban J connectivity index is 1.67. The molecule has 2 atom stereocenters. The third-order valence-corrected chi connectivity index (χ3v) is 5.27. The SMILES string of the molecule is CN1C(=N)N[C@](C)(C2CCCN(C(=O)Nc3ccccc3)C2)CC1=O. The highest BCUT2D eigenvalue weighted by molar-refractivity contribution is 5.98. The van der Waals surface area contributed by atoms with Crippen LogP contribution in [0.4, 0.5) is 10.5 Å². The Hall–Kier alpha value is -2.57. The second-order valence-corrected chi connectivity index (χ2v) is 7.10. The Morgan fingerprint density at radius 2 is 2.08 bits per heavy atom. The average Bonchev–Trinajstić information content (AvgIpc) is 2.60. The van der Waals surface area contributed by atoms with Crippen LogP contribution in [0.3, 0.4) is 0 Å². The van der Waals surface area contributed by atoms with Crippen molar-refractivity contribution in [2.24, 2.45) is 5.92 Å². The zero-order valence-corrected chi connectivity index (χ0v) is 14.7. The van der Waals surface area contributed by atoms with Gasteiger partial charge in [0.15, 0.2) is 5.96 Å². The van der Waals surface area contributed by atoms with Gasteiger partial charge in [-0.1, -0.05) is 18.2 Å². The molecular formula is C18H25N5O2. The molecule has 0 spiro atoms. The van der Waals surface area contributed by atoms with Crippen LogP contribution >= 0.6 is 0 Å². The van der Waals surface area contributed by atoms with E-state index in [1.165, 1.54) is 4.90 Å². The van der Waals surface area contributed by atoms with Crippen LogP contribution in [0, 0.1) is 11.3 Å². The van der Waals surface area contributed by atoms with E-state index in [0.29, 0.717) is 19.5 Å². The number of hydrogen-bond acceptors (Lipinski definition) is 3. The Morgan fingerprint density at radius 3 is 2.76 bits per heavy atom. The van der Waals surface area contributed by atoms with Crippen molar-refractivity contribution in [1.82, 2.24) is 15.1 Å². The van der Waals surface area contributed by atoms with Crippen molar-refractivity contribution in [3.63, 3.8) is 0 Å². The van der Waals surface area contributed by atoms with E-state index in [9.17, 15) is 9.59 Å². The van der Waals surface area contributed by atoms with E-state index in [0.717, 1.165) is 18.5 Å². The van der Waals surface area contributed by atoms with E-state index in [2.05, 4.69) is 10.6 Å². The minimum atomic E-state index is -0.494. The second kappa shape index (κ2) is 6.74. The molecule has 2 heterocycles. The van der Waals surface area contributed by atoms with Gasteiger partial charge in [-0.3, -0.25) is 15.1 Å². The third-order valence-electron chi connectivity index (χ3n) is 5.27. The Labute approximate surface area is 147 Å². The van der Waals surface area contributed by atoms with Crippen molar-refractivity contribution in [3.05, 3.63) is 30.3 Å². The molecule has 0 saturated carbocycles. The molecule has 1 aromatic carbocycles. The number of carbonyl (C=O) groups excluding carboxylic acids is 2. The van der Waals surface area contributed by atoms with Gasteiger partial charge >= 0.3 is 6.03 Å². The van der Waals surface area contributed by atoms with Gasteiger partial charge in [-0.05, 0) is 37.8 Å². The fraction of sp³-hybridized carbons (Fsp3) is 0.500. The summed E-state index contributed by atoms with van der Waals surface area (Å²) in [7, 11) is 1.61. The molecule has 2 aliphatic heterocycles.